The first-order chi connectivity index (χ1) is 13.1. The van der Waals surface area contributed by atoms with Gasteiger partial charge in [0.2, 0.25) is 0 Å². The lowest BCUT2D eigenvalue weighted by Gasteiger charge is -2.12. The highest BCUT2D eigenvalue weighted by molar-refractivity contribution is 5.97. The van der Waals surface area contributed by atoms with Crippen LogP contribution in [0.5, 0.6) is 0 Å². The number of hydrogen-bond donors (Lipinski definition) is 2. The van der Waals surface area contributed by atoms with Crippen molar-refractivity contribution in [1.82, 2.24) is 19.5 Å². The van der Waals surface area contributed by atoms with Gasteiger partial charge in [0.05, 0.1) is 25.3 Å². The molecule has 0 bridgehead atoms. The fraction of sp³-hybridized carbons (Fsp3) is 0.250. The van der Waals surface area contributed by atoms with Gasteiger partial charge in [0.25, 0.3) is 0 Å². The van der Waals surface area contributed by atoms with E-state index >= 15 is 0 Å². The standard InChI is InChI=1S/C20H20N4O3/c1-24-10-15(16-9-17-19(23-16)22-6-5-21-17)14-8-12(3-4-18(14)24)7-13(11-25)20(26)27-2/h3-6,8-10,13,25H,7,11H2,1-2H3,(H,22,23). The van der Waals surface area contributed by atoms with Gasteiger partial charge in [-0.25, -0.2) is 4.98 Å². The van der Waals surface area contributed by atoms with E-state index in [1.807, 2.05) is 25.2 Å². The summed E-state index contributed by atoms with van der Waals surface area (Å²) >= 11 is 0. The van der Waals surface area contributed by atoms with Crippen LogP contribution >= 0.6 is 0 Å². The van der Waals surface area contributed by atoms with Gasteiger partial charge in [-0.1, -0.05) is 6.07 Å². The van der Waals surface area contributed by atoms with Crippen LogP contribution in [-0.4, -0.2) is 44.3 Å². The number of carbonyl (C=O) groups excluding carboxylic acids is 1. The Labute approximate surface area is 155 Å². The fourth-order valence-corrected chi connectivity index (χ4v) is 3.45. The molecule has 4 rings (SSSR count). The van der Waals surface area contributed by atoms with Crippen LogP contribution in [0.2, 0.25) is 0 Å². The molecule has 0 aliphatic rings. The summed E-state index contributed by atoms with van der Waals surface area (Å²) < 4.78 is 6.83. The second-order valence-electron chi connectivity index (χ2n) is 6.59. The minimum Gasteiger partial charge on any atom is -0.469 e. The van der Waals surface area contributed by atoms with Crippen LogP contribution in [0.15, 0.2) is 42.9 Å². The highest BCUT2D eigenvalue weighted by Crippen LogP contribution is 2.32. The predicted molar refractivity (Wildman–Crippen MR) is 102 cm³/mol. The van der Waals surface area contributed by atoms with E-state index in [1.165, 1.54) is 7.11 Å². The summed E-state index contributed by atoms with van der Waals surface area (Å²) in [4.78, 5) is 23.8. The maximum Gasteiger partial charge on any atom is 0.311 e. The van der Waals surface area contributed by atoms with Crippen LogP contribution in [0.4, 0.5) is 0 Å². The Bertz CT molecular complexity index is 1100. The Balaban J connectivity index is 1.78. The number of nitrogens with one attached hydrogen (secondary N) is 1. The first-order valence-corrected chi connectivity index (χ1v) is 8.67. The molecule has 2 N–H and O–H groups in total. The number of aliphatic hydroxyl groups is 1. The number of fused-ring (bicyclic) bond motifs is 2. The topological polar surface area (TPSA) is 93.0 Å². The van der Waals surface area contributed by atoms with Crippen molar-refractivity contribution >= 4 is 28.0 Å². The van der Waals surface area contributed by atoms with Crippen LogP contribution in [0.25, 0.3) is 33.3 Å². The maximum absolute atomic E-state index is 11.8. The zero-order valence-corrected chi connectivity index (χ0v) is 15.1. The Morgan fingerprint density at radius 1 is 1.30 bits per heavy atom. The number of hydrogen-bond acceptors (Lipinski definition) is 5. The molecule has 0 saturated heterocycles. The third-order valence-corrected chi connectivity index (χ3v) is 4.84. The average Bonchev–Trinajstić information content (AvgIpc) is 3.26. The predicted octanol–water partition coefficient (Wildman–Crippen LogP) is 2.44. The molecular weight excluding hydrogens is 344 g/mol. The van der Waals surface area contributed by atoms with Gasteiger partial charge in [-0.15, -0.1) is 0 Å². The SMILES string of the molecule is COC(=O)C(CO)Cc1ccc2c(c1)c(-c1cc3nccnc3[nH]1)cn2C. The first kappa shape index (κ1) is 17.2. The zero-order chi connectivity index (χ0) is 19.0. The van der Waals surface area contributed by atoms with Crippen molar-refractivity contribution in [2.24, 2.45) is 13.0 Å². The zero-order valence-electron chi connectivity index (χ0n) is 15.1. The van der Waals surface area contributed by atoms with Crippen molar-refractivity contribution in [3.63, 3.8) is 0 Å². The van der Waals surface area contributed by atoms with Gasteiger partial charge in [-0.05, 0) is 30.2 Å². The molecule has 7 nitrogen and oxygen atoms in total. The van der Waals surface area contributed by atoms with Crippen LogP contribution in [0.1, 0.15) is 5.56 Å². The number of aryl methyl sites for hydroxylation is 1. The molecule has 0 spiro atoms. The van der Waals surface area contributed by atoms with E-state index in [4.69, 9.17) is 4.74 Å². The molecule has 0 radical (unpaired) electrons. The number of aromatic amines is 1. The minimum atomic E-state index is -0.568. The van der Waals surface area contributed by atoms with E-state index in [-0.39, 0.29) is 6.61 Å². The minimum absolute atomic E-state index is 0.244. The monoisotopic (exact) mass is 364 g/mol. The number of ether oxygens (including phenoxy) is 1. The number of benzene rings is 1. The molecule has 7 heteroatoms. The highest BCUT2D eigenvalue weighted by atomic mass is 16.5. The van der Waals surface area contributed by atoms with E-state index in [2.05, 4.69) is 31.8 Å². The van der Waals surface area contributed by atoms with Gasteiger partial charge in [-0.2, -0.15) is 0 Å². The van der Waals surface area contributed by atoms with Gasteiger partial charge in [0, 0.05) is 42.1 Å². The molecule has 0 fully saturated rings. The molecule has 0 saturated carbocycles. The summed E-state index contributed by atoms with van der Waals surface area (Å²) in [5.41, 5.74) is 5.57. The quantitative estimate of drug-likeness (QED) is 0.531. The summed E-state index contributed by atoms with van der Waals surface area (Å²) in [6.45, 7) is -0.244. The summed E-state index contributed by atoms with van der Waals surface area (Å²) in [6.07, 6.45) is 5.81. The van der Waals surface area contributed by atoms with Crippen LogP contribution < -0.4 is 0 Å². The number of esters is 1. The van der Waals surface area contributed by atoms with Crippen molar-refractivity contribution in [1.29, 1.82) is 0 Å². The third kappa shape index (κ3) is 3.06. The number of carbonyl (C=O) groups is 1. The molecule has 138 valence electrons. The van der Waals surface area contributed by atoms with Gasteiger partial charge >= 0.3 is 5.97 Å². The van der Waals surface area contributed by atoms with Crippen molar-refractivity contribution in [2.45, 2.75) is 6.42 Å². The smallest absolute Gasteiger partial charge is 0.311 e. The van der Waals surface area contributed by atoms with Crippen LogP contribution in [0, 0.1) is 5.92 Å². The average molecular weight is 364 g/mol. The lowest BCUT2D eigenvalue weighted by Crippen LogP contribution is -2.22. The van der Waals surface area contributed by atoms with Gasteiger partial charge in [0.1, 0.15) is 5.52 Å². The fourth-order valence-electron chi connectivity index (χ4n) is 3.45. The number of aliphatic hydroxyl groups excluding tert-OH is 1. The number of aromatic nitrogens is 4. The van der Waals surface area contributed by atoms with E-state index in [0.717, 1.165) is 38.9 Å². The molecule has 0 aliphatic carbocycles. The Morgan fingerprint density at radius 2 is 2.11 bits per heavy atom. The molecule has 3 aromatic heterocycles. The van der Waals surface area contributed by atoms with E-state index in [1.54, 1.807) is 12.4 Å². The summed E-state index contributed by atoms with van der Waals surface area (Å²) in [5, 5.41) is 10.6. The maximum atomic E-state index is 11.8. The summed E-state index contributed by atoms with van der Waals surface area (Å²) in [6, 6.07) is 8.04. The Kier molecular flexibility index (Phi) is 4.37. The molecule has 3 heterocycles. The molecule has 1 atom stereocenters. The van der Waals surface area contributed by atoms with Gasteiger partial charge < -0.3 is 19.4 Å². The lowest BCUT2D eigenvalue weighted by molar-refractivity contribution is -0.146. The lowest BCUT2D eigenvalue weighted by atomic mass is 9.98. The number of nitrogens with zero attached hydrogens (tertiary/aromatic N) is 3. The van der Waals surface area contributed by atoms with E-state index in [0.29, 0.717) is 6.42 Å². The molecule has 27 heavy (non-hydrogen) atoms. The Hall–Kier alpha value is -3.19. The largest absolute Gasteiger partial charge is 0.469 e. The van der Waals surface area contributed by atoms with Crippen molar-refractivity contribution in [2.75, 3.05) is 13.7 Å². The number of methoxy groups -OCH3 is 1. The van der Waals surface area contributed by atoms with Crippen molar-refractivity contribution < 1.29 is 14.6 Å². The normalized spacial score (nSPS) is 12.6. The molecular formula is C20H20N4O3. The van der Waals surface area contributed by atoms with Gasteiger partial charge in [0.15, 0.2) is 5.65 Å². The van der Waals surface area contributed by atoms with Crippen LogP contribution in [-0.2, 0) is 23.0 Å². The van der Waals surface area contributed by atoms with Crippen molar-refractivity contribution in [3.05, 3.63) is 48.4 Å². The second-order valence-corrected chi connectivity index (χ2v) is 6.59. The number of rotatable bonds is 5. The highest BCUT2D eigenvalue weighted by Gasteiger charge is 2.20. The van der Waals surface area contributed by atoms with E-state index in [9.17, 15) is 9.90 Å². The van der Waals surface area contributed by atoms with Gasteiger partial charge in [-0.3, -0.25) is 9.78 Å². The number of H-pyrrole nitrogens is 1. The molecule has 1 unspecified atom stereocenters. The van der Waals surface area contributed by atoms with E-state index < -0.39 is 11.9 Å². The molecule has 1 aromatic carbocycles. The Morgan fingerprint density at radius 3 is 2.85 bits per heavy atom. The second kappa shape index (κ2) is 6.85. The van der Waals surface area contributed by atoms with Crippen molar-refractivity contribution in [3.8, 4) is 11.3 Å². The summed E-state index contributed by atoms with van der Waals surface area (Å²) in [7, 11) is 3.33. The molecule has 4 aromatic rings. The first-order valence-electron chi connectivity index (χ1n) is 8.67. The third-order valence-electron chi connectivity index (χ3n) is 4.84. The molecule has 0 aliphatic heterocycles. The summed E-state index contributed by atoms with van der Waals surface area (Å²) in [5.74, 6) is -0.972. The molecule has 0 amide bonds. The van der Waals surface area contributed by atoms with Crippen LogP contribution in [0.3, 0.4) is 0 Å².